The Morgan fingerprint density at radius 1 is 0.892 bits per heavy atom. The molecule has 0 fully saturated rings. The number of aliphatic imine (C=N–C) groups is 1. The van der Waals surface area contributed by atoms with Crippen molar-refractivity contribution in [1.29, 1.82) is 0 Å². The van der Waals surface area contributed by atoms with Gasteiger partial charge < -0.3 is 24.4 Å². The number of carbonyl (C=O) groups is 5. The molecule has 0 bridgehead atoms. The Kier molecular flexibility index (Phi) is 15.6. The first-order chi connectivity index (χ1) is 17.8. The Balaban J connectivity index is 3.16. The number of hydrogen-bond acceptors (Lipinski definition) is 13. The van der Waals surface area contributed by atoms with E-state index < -0.39 is 31.1 Å². The minimum Gasteiger partial charge on any atom is -0.480 e. The van der Waals surface area contributed by atoms with Gasteiger partial charge in [-0.05, 0) is 36.3 Å². The SMILES string of the molecule is O=COCN(CCN(CC(=O)O)CC(=O)O)CC(Cc1ccc(N=C=S)cc1)N(COC=O)COC=O. The maximum Gasteiger partial charge on any atom is 0.317 e. The molecular formula is C22H28N4O10S. The average molecular weight is 541 g/mol. The molecule has 0 aliphatic heterocycles. The van der Waals surface area contributed by atoms with Crippen LogP contribution >= 0.6 is 12.2 Å². The zero-order valence-electron chi connectivity index (χ0n) is 19.8. The second-order valence-electron chi connectivity index (χ2n) is 7.57. The third kappa shape index (κ3) is 13.8. The standard InChI is InChI=1S/C22H28N4O10S/c27-15-34-12-25(6-5-24(9-21(30)31)10-22(32)33)8-20(26(13-35-16-28)14-36-17-29)7-18-1-3-19(4-2-18)23-11-37/h1-4,15-17,20H,5-10,12-14H2,(H,30,31)(H,32,33). The monoisotopic (exact) mass is 540 g/mol. The van der Waals surface area contributed by atoms with Gasteiger partial charge in [-0.1, -0.05) is 12.1 Å². The van der Waals surface area contributed by atoms with Crippen LogP contribution in [0.3, 0.4) is 0 Å². The third-order valence-electron chi connectivity index (χ3n) is 4.96. The van der Waals surface area contributed by atoms with E-state index in [0.29, 0.717) is 12.1 Å². The van der Waals surface area contributed by atoms with Gasteiger partial charge in [0.05, 0.1) is 23.9 Å². The molecule has 15 heteroatoms. The molecule has 0 aliphatic rings. The molecule has 0 saturated carbocycles. The highest BCUT2D eigenvalue weighted by atomic mass is 32.1. The van der Waals surface area contributed by atoms with E-state index in [1.165, 1.54) is 4.90 Å². The molecule has 1 unspecified atom stereocenters. The van der Waals surface area contributed by atoms with Gasteiger partial charge in [-0.2, -0.15) is 4.99 Å². The van der Waals surface area contributed by atoms with Gasteiger partial charge >= 0.3 is 11.9 Å². The van der Waals surface area contributed by atoms with Crippen LogP contribution in [0.2, 0.25) is 0 Å². The molecule has 1 aromatic carbocycles. The minimum atomic E-state index is -1.19. The second-order valence-corrected chi connectivity index (χ2v) is 7.75. The van der Waals surface area contributed by atoms with Crippen LogP contribution in [0.5, 0.6) is 0 Å². The van der Waals surface area contributed by atoms with Crippen LogP contribution < -0.4 is 0 Å². The fourth-order valence-electron chi connectivity index (χ4n) is 3.36. The summed E-state index contributed by atoms with van der Waals surface area (Å²) < 4.78 is 14.7. The first kappa shape index (κ1) is 31.3. The summed E-state index contributed by atoms with van der Waals surface area (Å²) in [6.45, 7) is -0.562. The second kappa shape index (κ2) is 18.5. The van der Waals surface area contributed by atoms with Gasteiger partial charge in [0.2, 0.25) is 0 Å². The molecule has 37 heavy (non-hydrogen) atoms. The van der Waals surface area contributed by atoms with Crippen LogP contribution in [0.15, 0.2) is 29.3 Å². The zero-order chi connectivity index (χ0) is 27.5. The van der Waals surface area contributed by atoms with E-state index in [4.69, 9.17) is 24.4 Å². The number of ether oxygens (including phenoxy) is 3. The van der Waals surface area contributed by atoms with Crippen LogP contribution in [0.1, 0.15) is 5.56 Å². The fourth-order valence-corrected chi connectivity index (χ4v) is 3.47. The number of aliphatic carboxylic acids is 2. The lowest BCUT2D eigenvalue weighted by molar-refractivity contribution is -0.147. The molecule has 202 valence electrons. The molecule has 2 N–H and O–H groups in total. The molecule has 0 aliphatic carbocycles. The number of thiocarbonyl (C=S) groups is 1. The number of rotatable bonds is 22. The molecule has 0 saturated heterocycles. The van der Waals surface area contributed by atoms with Crippen LogP contribution in [0.4, 0.5) is 5.69 Å². The molecule has 0 heterocycles. The number of carboxylic acids is 2. The fraction of sp³-hybridized carbons (Fsp3) is 0.455. The predicted octanol–water partition coefficient (Wildman–Crippen LogP) is -0.201. The van der Waals surface area contributed by atoms with E-state index in [1.807, 2.05) is 0 Å². The Labute approximate surface area is 218 Å². The van der Waals surface area contributed by atoms with Crippen molar-refractivity contribution in [1.82, 2.24) is 14.7 Å². The van der Waals surface area contributed by atoms with E-state index >= 15 is 0 Å². The summed E-state index contributed by atoms with van der Waals surface area (Å²) in [6.07, 6.45) is 0.359. The van der Waals surface area contributed by atoms with Crippen molar-refractivity contribution in [3.63, 3.8) is 0 Å². The summed E-state index contributed by atoms with van der Waals surface area (Å²) in [5.74, 6) is -2.39. The first-order valence-electron chi connectivity index (χ1n) is 10.8. The summed E-state index contributed by atoms with van der Waals surface area (Å²) in [5.41, 5.74) is 1.43. The summed E-state index contributed by atoms with van der Waals surface area (Å²) in [6, 6.07) is 6.57. The molecule has 1 aromatic rings. The van der Waals surface area contributed by atoms with Gasteiger partial charge in [0.15, 0.2) is 0 Å². The lowest BCUT2D eigenvalue weighted by Crippen LogP contribution is -2.49. The lowest BCUT2D eigenvalue weighted by atomic mass is 10.0. The van der Waals surface area contributed by atoms with Gasteiger partial charge in [-0.3, -0.25) is 33.8 Å². The topological polar surface area (TPSA) is 176 Å². The quantitative estimate of drug-likeness (QED) is 0.0650. The van der Waals surface area contributed by atoms with Crippen molar-refractivity contribution in [2.75, 3.05) is 52.9 Å². The van der Waals surface area contributed by atoms with Gasteiger partial charge in [0.1, 0.15) is 20.2 Å². The molecule has 1 rings (SSSR count). The average Bonchev–Trinajstić information content (AvgIpc) is 2.85. The molecule has 0 radical (unpaired) electrons. The van der Waals surface area contributed by atoms with Gasteiger partial charge in [-0.25, -0.2) is 4.90 Å². The van der Waals surface area contributed by atoms with Crippen LogP contribution in [-0.4, -0.2) is 120 Å². The van der Waals surface area contributed by atoms with Gasteiger partial charge in [0, 0.05) is 25.7 Å². The summed E-state index contributed by atoms with van der Waals surface area (Å²) in [4.78, 5) is 63.1. The number of benzene rings is 1. The number of isothiocyanates is 1. The number of hydrogen-bond donors (Lipinski definition) is 2. The Hall–Kier alpha value is -3.75. The highest BCUT2D eigenvalue weighted by molar-refractivity contribution is 7.78. The molecule has 14 nitrogen and oxygen atoms in total. The molecular weight excluding hydrogens is 512 g/mol. The Morgan fingerprint density at radius 3 is 1.89 bits per heavy atom. The van der Waals surface area contributed by atoms with Crippen molar-refractivity contribution in [3.8, 4) is 0 Å². The zero-order valence-corrected chi connectivity index (χ0v) is 20.7. The summed E-state index contributed by atoms with van der Waals surface area (Å²) in [5, 5.41) is 20.4. The van der Waals surface area contributed by atoms with Crippen molar-refractivity contribution >= 4 is 54.4 Å². The minimum absolute atomic E-state index is 0.0352. The third-order valence-corrected chi connectivity index (χ3v) is 5.05. The van der Waals surface area contributed by atoms with Crippen LogP contribution in [-0.2, 0) is 44.6 Å². The predicted molar refractivity (Wildman–Crippen MR) is 130 cm³/mol. The van der Waals surface area contributed by atoms with E-state index in [-0.39, 0.29) is 59.2 Å². The summed E-state index contributed by atoms with van der Waals surface area (Å²) in [7, 11) is 0. The van der Waals surface area contributed by atoms with E-state index in [0.717, 1.165) is 5.56 Å². The maximum atomic E-state index is 11.1. The van der Waals surface area contributed by atoms with Crippen molar-refractivity contribution in [2.45, 2.75) is 12.5 Å². The maximum absolute atomic E-state index is 11.1. The number of carboxylic acid groups (broad SMARTS) is 2. The van der Waals surface area contributed by atoms with E-state index in [2.05, 4.69) is 22.4 Å². The highest BCUT2D eigenvalue weighted by Crippen LogP contribution is 2.16. The van der Waals surface area contributed by atoms with Crippen molar-refractivity contribution < 1.29 is 48.4 Å². The highest BCUT2D eigenvalue weighted by Gasteiger charge is 2.24. The summed E-state index contributed by atoms with van der Waals surface area (Å²) >= 11 is 4.60. The lowest BCUT2D eigenvalue weighted by Gasteiger charge is -2.34. The Bertz CT molecular complexity index is 899. The van der Waals surface area contributed by atoms with Crippen molar-refractivity contribution in [3.05, 3.63) is 29.8 Å². The van der Waals surface area contributed by atoms with E-state index in [1.54, 1.807) is 34.1 Å². The Morgan fingerprint density at radius 2 is 1.41 bits per heavy atom. The number of nitrogens with zero attached hydrogens (tertiary/aromatic N) is 4. The first-order valence-corrected chi connectivity index (χ1v) is 11.2. The van der Waals surface area contributed by atoms with Gasteiger partial charge in [0.25, 0.3) is 19.4 Å². The van der Waals surface area contributed by atoms with Crippen LogP contribution in [0, 0.1) is 0 Å². The van der Waals surface area contributed by atoms with E-state index in [9.17, 15) is 24.0 Å². The van der Waals surface area contributed by atoms with Crippen LogP contribution in [0.25, 0.3) is 0 Å². The smallest absolute Gasteiger partial charge is 0.317 e. The molecule has 0 amide bonds. The number of carbonyl (C=O) groups excluding carboxylic acids is 3. The van der Waals surface area contributed by atoms with Gasteiger partial charge in [-0.15, -0.1) is 0 Å². The molecule has 0 spiro atoms. The van der Waals surface area contributed by atoms with Crippen molar-refractivity contribution in [2.24, 2.45) is 4.99 Å². The molecule has 1 atom stereocenters. The normalized spacial score (nSPS) is 11.4. The molecule has 0 aromatic heterocycles. The largest absolute Gasteiger partial charge is 0.480 e.